The quantitative estimate of drug-likeness (QED) is 0.749. The van der Waals surface area contributed by atoms with E-state index in [2.05, 4.69) is 15.7 Å². The lowest BCUT2D eigenvalue weighted by Gasteiger charge is -2.26. The normalized spacial score (nSPS) is 20.7. The Morgan fingerprint density at radius 1 is 1.15 bits per heavy atom. The Hall–Kier alpha value is -2.67. The van der Waals surface area contributed by atoms with Crippen LogP contribution in [0, 0.1) is 0 Å². The minimum atomic E-state index is -0.330. The Kier molecular flexibility index (Phi) is 5.91. The summed E-state index contributed by atoms with van der Waals surface area (Å²) in [7, 11) is 1.54. The van der Waals surface area contributed by atoms with Crippen molar-refractivity contribution in [2.45, 2.75) is 50.8 Å². The zero-order chi connectivity index (χ0) is 19.4. The van der Waals surface area contributed by atoms with Gasteiger partial charge < -0.3 is 15.7 Å². The van der Waals surface area contributed by atoms with Crippen molar-refractivity contribution in [1.82, 2.24) is 20.4 Å². The van der Waals surface area contributed by atoms with Crippen molar-refractivity contribution in [2.75, 3.05) is 7.05 Å². The van der Waals surface area contributed by atoms with Crippen molar-refractivity contribution < 1.29 is 14.7 Å². The molecular formula is C20H26N4O3. The van der Waals surface area contributed by atoms with Gasteiger partial charge in [0.1, 0.15) is 5.69 Å². The van der Waals surface area contributed by atoms with Gasteiger partial charge >= 0.3 is 0 Å². The van der Waals surface area contributed by atoms with Crippen molar-refractivity contribution in [3.8, 4) is 0 Å². The highest BCUT2D eigenvalue weighted by atomic mass is 16.3. The van der Waals surface area contributed by atoms with E-state index in [-0.39, 0.29) is 35.7 Å². The fourth-order valence-electron chi connectivity index (χ4n) is 3.45. The average Bonchev–Trinajstić information content (AvgIpc) is 3.15. The van der Waals surface area contributed by atoms with Crippen LogP contribution in [-0.4, -0.2) is 45.9 Å². The number of benzene rings is 1. The lowest BCUT2D eigenvalue weighted by atomic mass is 9.93. The Morgan fingerprint density at radius 2 is 1.81 bits per heavy atom. The molecule has 27 heavy (non-hydrogen) atoms. The van der Waals surface area contributed by atoms with E-state index in [9.17, 15) is 14.7 Å². The van der Waals surface area contributed by atoms with Crippen LogP contribution < -0.4 is 10.6 Å². The van der Waals surface area contributed by atoms with Crippen LogP contribution in [0.15, 0.2) is 36.4 Å². The van der Waals surface area contributed by atoms with Gasteiger partial charge in [0.25, 0.3) is 11.8 Å². The minimum Gasteiger partial charge on any atom is -0.393 e. The standard InChI is InChI=1S/C20H26N4O3/c1-13(14-6-4-3-5-7-14)24-18(12-17(23-24)19(26)21-2)20(27)22-15-8-10-16(25)11-9-15/h3-7,12-13,15-16,25H,8-11H2,1-2H3,(H,21,26)(H,22,27)/t13-,15-,16+/m0/s1. The van der Waals surface area contributed by atoms with Gasteiger partial charge in [0.05, 0.1) is 12.1 Å². The molecule has 0 unspecified atom stereocenters. The molecule has 7 nitrogen and oxygen atoms in total. The smallest absolute Gasteiger partial charge is 0.271 e. The molecule has 2 aromatic rings. The number of aromatic nitrogens is 2. The number of aliphatic hydroxyl groups excluding tert-OH is 1. The summed E-state index contributed by atoms with van der Waals surface area (Å²) in [5.74, 6) is -0.578. The third-order valence-electron chi connectivity index (χ3n) is 5.11. The predicted molar refractivity (Wildman–Crippen MR) is 102 cm³/mol. The minimum absolute atomic E-state index is 0.0275. The Bertz CT molecular complexity index is 795. The summed E-state index contributed by atoms with van der Waals surface area (Å²) in [4.78, 5) is 24.9. The van der Waals surface area contributed by atoms with Crippen LogP contribution in [0.3, 0.4) is 0 Å². The molecule has 3 N–H and O–H groups in total. The average molecular weight is 370 g/mol. The lowest BCUT2D eigenvalue weighted by Crippen LogP contribution is -2.39. The van der Waals surface area contributed by atoms with E-state index in [1.54, 1.807) is 4.68 Å². The van der Waals surface area contributed by atoms with Crippen LogP contribution in [0.25, 0.3) is 0 Å². The largest absolute Gasteiger partial charge is 0.393 e. The molecule has 0 saturated heterocycles. The number of aliphatic hydroxyl groups is 1. The van der Waals surface area contributed by atoms with Gasteiger partial charge in [-0.05, 0) is 38.2 Å². The molecule has 1 fully saturated rings. The summed E-state index contributed by atoms with van der Waals surface area (Å²) in [6.07, 6.45) is 2.60. The second kappa shape index (κ2) is 8.35. The van der Waals surface area contributed by atoms with Crippen molar-refractivity contribution in [1.29, 1.82) is 0 Å². The van der Waals surface area contributed by atoms with Gasteiger partial charge in [-0.25, -0.2) is 0 Å². The first-order valence-corrected chi connectivity index (χ1v) is 9.35. The van der Waals surface area contributed by atoms with E-state index >= 15 is 0 Å². The molecule has 7 heteroatoms. The topological polar surface area (TPSA) is 96.3 Å². The number of nitrogens with zero attached hydrogens (tertiary/aromatic N) is 2. The Balaban J connectivity index is 1.87. The van der Waals surface area contributed by atoms with Gasteiger partial charge in [-0.1, -0.05) is 30.3 Å². The van der Waals surface area contributed by atoms with Crippen LogP contribution in [0.1, 0.15) is 65.2 Å². The molecule has 0 bridgehead atoms. The molecule has 144 valence electrons. The second-order valence-corrected chi connectivity index (χ2v) is 7.00. The van der Waals surface area contributed by atoms with E-state index in [0.29, 0.717) is 18.5 Å². The first kappa shape index (κ1) is 19.1. The zero-order valence-corrected chi connectivity index (χ0v) is 15.7. The molecule has 1 aliphatic rings. The number of rotatable bonds is 5. The van der Waals surface area contributed by atoms with Crippen molar-refractivity contribution in [3.63, 3.8) is 0 Å². The van der Waals surface area contributed by atoms with Crippen LogP contribution in [0.5, 0.6) is 0 Å². The van der Waals surface area contributed by atoms with Crippen LogP contribution in [0.4, 0.5) is 0 Å². The molecule has 0 aliphatic heterocycles. The molecular weight excluding hydrogens is 344 g/mol. The summed E-state index contributed by atoms with van der Waals surface area (Å²) in [5, 5.41) is 19.6. The van der Waals surface area contributed by atoms with Crippen molar-refractivity contribution >= 4 is 11.8 Å². The van der Waals surface area contributed by atoms with Gasteiger partial charge in [-0.15, -0.1) is 0 Å². The third-order valence-corrected chi connectivity index (χ3v) is 5.11. The molecule has 1 atom stereocenters. The van der Waals surface area contributed by atoms with Crippen LogP contribution in [-0.2, 0) is 0 Å². The summed E-state index contributed by atoms with van der Waals surface area (Å²) in [6.45, 7) is 1.95. The third kappa shape index (κ3) is 4.36. The molecule has 1 heterocycles. The number of carbonyl (C=O) groups excluding carboxylic acids is 2. The second-order valence-electron chi connectivity index (χ2n) is 7.00. The molecule has 1 saturated carbocycles. The zero-order valence-electron chi connectivity index (χ0n) is 15.7. The maximum Gasteiger partial charge on any atom is 0.271 e. The summed E-state index contributed by atoms with van der Waals surface area (Å²) >= 11 is 0. The molecule has 0 spiro atoms. The summed E-state index contributed by atoms with van der Waals surface area (Å²) in [5.41, 5.74) is 1.57. The summed E-state index contributed by atoms with van der Waals surface area (Å²) in [6, 6.07) is 11.1. The van der Waals surface area contributed by atoms with Gasteiger partial charge in [0.15, 0.2) is 5.69 Å². The number of amides is 2. The van der Waals surface area contributed by atoms with E-state index in [1.807, 2.05) is 37.3 Å². The SMILES string of the molecule is CNC(=O)c1cc(C(=O)N[C@H]2CC[C@@H](O)CC2)n([C@@H](C)c2ccccc2)n1. The molecule has 1 aromatic carbocycles. The molecule has 1 aromatic heterocycles. The number of hydrogen-bond donors (Lipinski definition) is 3. The maximum absolute atomic E-state index is 12.9. The monoisotopic (exact) mass is 370 g/mol. The highest BCUT2D eigenvalue weighted by Crippen LogP contribution is 2.22. The van der Waals surface area contributed by atoms with Gasteiger partial charge in [0.2, 0.25) is 0 Å². The van der Waals surface area contributed by atoms with E-state index in [0.717, 1.165) is 18.4 Å². The van der Waals surface area contributed by atoms with Crippen molar-refractivity contribution in [3.05, 3.63) is 53.3 Å². The number of nitrogens with one attached hydrogen (secondary N) is 2. The van der Waals surface area contributed by atoms with E-state index < -0.39 is 0 Å². The number of hydrogen-bond acceptors (Lipinski definition) is 4. The van der Waals surface area contributed by atoms with Gasteiger partial charge in [-0.2, -0.15) is 5.10 Å². The van der Waals surface area contributed by atoms with Crippen molar-refractivity contribution in [2.24, 2.45) is 0 Å². The number of carbonyl (C=O) groups is 2. The molecule has 1 aliphatic carbocycles. The first-order chi connectivity index (χ1) is 13.0. The van der Waals surface area contributed by atoms with Gasteiger partial charge in [0, 0.05) is 19.2 Å². The first-order valence-electron chi connectivity index (χ1n) is 9.35. The van der Waals surface area contributed by atoms with Crippen LogP contribution >= 0.6 is 0 Å². The van der Waals surface area contributed by atoms with Gasteiger partial charge in [-0.3, -0.25) is 14.3 Å². The fraction of sp³-hybridized carbons (Fsp3) is 0.450. The molecule has 0 radical (unpaired) electrons. The molecule has 3 rings (SSSR count). The highest BCUT2D eigenvalue weighted by Gasteiger charge is 2.26. The fourth-order valence-corrected chi connectivity index (χ4v) is 3.45. The van der Waals surface area contributed by atoms with E-state index in [1.165, 1.54) is 13.1 Å². The Labute approximate surface area is 158 Å². The lowest BCUT2D eigenvalue weighted by molar-refractivity contribution is 0.0856. The highest BCUT2D eigenvalue weighted by molar-refractivity contribution is 5.98. The Morgan fingerprint density at radius 3 is 2.44 bits per heavy atom. The summed E-state index contributed by atoms with van der Waals surface area (Å²) < 4.78 is 1.60. The maximum atomic E-state index is 12.9. The van der Waals surface area contributed by atoms with E-state index in [4.69, 9.17) is 0 Å². The molecule has 2 amide bonds. The predicted octanol–water partition coefficient (Wildman–Crippen LogP) is 1.89. The van der Waals surface area contributed by atoms with Crippen LogP contribution in [0.2, 0.25) is 0 Å².